The molecule has 2 aromatic carbocycles. The van der Waals surface area contributed by atoms with E-state index in [-0.39, 0.29) is 17.9 Å². The van der Waals surface area contributed by atoms with Crippen LogP contribution in [0.2, 0.25) is 0 Å². The highest BCUT2D eigenvalue weighted by Gasteiger charge is 2.25. The molecule has 158 valence electrons. The number of aliphatic carboxylic acids is 1. The summed E-state index contributed by atoms with van der Waals surface area (Å²) in [5.41, 5.74) is 2.57. The topological polar surface area (TPSA) is 95.8 Å². The van der Waals surface area contributed by atoms with Crippen molar-refractivity contribution < 1.29 is 18.3 Å². The van der Waals surface area contributed by atoms with Gasteiger partial charge in [0.25, 0.3) is 0 Å². The van der Waals surface area contributed by atoms with Gasteiger partial charge in [-0.3, -0.25) is 9.79 Å². The SMILES string of the molecule is C=CCCC(C=C)=NCCC(NS(=O)(=O)c1ccc(-c2ccccc2)cc1)C(=O)O. The number of rotatable bonds is 12. The van der Waals surface area contributed by atoms with Gasteiger partial charge in [-0.1, -0.05) is 55.1 Å². The van der Waals surface area contributed by atoms with E-state index >= 15 is 0 Å². The second-order valence-corrected chi connectivity index (χ2v) is 8.31. The van der Waals surface area contributed by atoms with Gasteiger partial charge in [0.1, 0.15) is 6.04 Å². The molecule has 0 spiro atoms. The lowest BCUT2D eigenvalue weighted by Crippen LogP contribution is -2.41. The number of sulfonamides is 1. The maximum absolute atomic E-state index is 12.7. The summed E-state index contributed by atoms with van der Waals surface area (Å²) in [6, 6.07) is 14.6. The summed E-state index contributed by atoms with van der Waals surface area (Å²) in [5, 5.41) is 9.43. The van der Waals surface area contributed by atoms with Crippen molar-refractivity contribution in [1.29, 1.82) is 0 Å². The minimum atomic E-state index is -3.99. The first-order chi connectivity index (χ1) is 14.4. The Kier molecular flexibility index (Phi) is 8.70. The Balaban J connectivity index is 2.08. The van der Waals surface area contributed by atoms with E-state index in [4.69, 9.17) is 0 Å². The van der Waals surface area contributed by atoms with Gasteiger partial charge in [0, 0.05) is 12.3 Å². The van der Waals surface area contributed by atoms with Crippen LogP contribution < -0.4 is 4.72 Å². The van der Waals surface area contributed by atoms with Gasteiger partial charge >= 0.3 is 5.97 Å². The van der Waals surface area contributed by atoms with Crippen molar-refractivity contribution in [3.63, 3.8) is 0 Å². The third-order valence-electron chi connectivity index (χ3n) is 4.44. The average Bonchev–Trinajstić information content (AvgIpc) is 2.75. The number of hydrogen-bond acceptors (Lipinski definition) is 4. The van der Waals surface area contributed by atoms with Crippen LogP contribution in [0.15, 0.2) is 89.8 Å². The zero-order valence-electron chi connectivity index (χ0n) is 16.7. The average molecular weight is 427 g/mol. The van der Waals surface area contributed by atoms with Gasteiger partial charge in [-0.2, -0.15) is 4.72 Å². The monoisotopic (exact) mass is 426 g/mol. The molecule has 0 amide bonds. The van der Waals surface area contributed by atoms with Crippen LogP contribution >= 0.6 is 0 Å². The molecule has 6 nitrogen and oxygen atoms in total. The molecule has 0 bridgehead atoms. The van der Waals surface area contributed by atoms with Gasteiger partial charge in [0.15, 0.2) is 0 Å². The fourth-order valence-electron chi connectivity index (χ4n) is 2.78. The van der Waals surface area contributed by atoms with Crippen LogP contribution in [-0.2, 0) is 14.8 Å². The third kappa shape index (κ3) is 6.79. The summed E-state index contributed by atoms with van der Waals surface area (Å²) in [5.74, 6) is -1.25. The lowest BCUT2D eigenvalue weighted by Gasteiger charge is -2.14. The Morgan fingerprint density at radius 3 is 2.27 bits per heavy atom. The Morgan fingerprint density at radius 1 is 1.07 bits per heavy atom. The number of allylic oxidation sites excluding steroid dienone is 2. The predicted octanol–water partition coefficient (Wildman–Crippen LogP) is 4.07. The van der Waals surface area contributed by atoms with E-state index < -0.39 is 22.0 Å². The molecule has 30 heavy (non-hydrogen) atoms. The molecule has 2 aromatic rings. The Labute approximate surface area is 177 Å². The number of aliphatic imine (C=N–C) groups is 1. The molecule has 0 aliphatic carbocycles. The number of benzene rings is 2. The molecule has 0 aliphatic rings. The standard InChI is InChI=1S/C23H26N2O4S/c1-3-5-11-20(4-2)24-17-16-22(23(26)27)25-30(28,29)21-14-12-19(13-15-21)18-9-7-6-8-10-18/h3-4,6-10,12-15,22,25H,1-2,5,11,16-17H2,(H,26,27). The largest absolute Gasteiger partial charge is 0.480 e. The van der Waals surface area contributed by atoms with Gasteiger partial charge in [0.2, 0.25) is 10.0 Å². The lowest BCUT2D eigenvalue weighted by molar-refractivity contribution is -0.139. The molecule has 0 aromatic heterocycles. The summed E-state index contributed by atoms with van der Waals surface area (Å²) in [6.07, 6.45) is 4.79. The molecule has 2 N–H and O–H groups in total. The van der Waals surface area contributed by atoms with E-state index in [1.165, 1.54) is 12.1 Å². The minimum absolute atomic E-state index is 0.00898. The normalized spacial score (nSPS) is 12.9. The van der Waals surface area contributed by atoms with Crippen LogP contribution in [0.5, 0.6) is 0 Å². The molecule has 0 aliphatic heterocycles. The van der Waals surface area contributed by atoms with Gasteiger partial charge in [-0.25, -0.2) is 8.42 Å². The summed E-state index contributed by atoms with van der Waals surface area (Å²) in [4.78, 5) is 15.9. The molecule has 0 fully saturated rings. The molecule has 1 unspecified atom stereocenters. The summed E-state index contributed by atoms with van der Waals surface area (Å²) >= 11 is 0. The van der Waals surface area contributed by atoms with Crippen molar-refractivity contribution in [2.24, 2.45) is 4.99 Å². The van der Waals surface area contributed by atoms with Gasteiger partial charge in [0.05, 0.1) is 4.90 Å². The van der Waals surface area contributed by atoms with Crippen molar-refractivity contribution in [1.82, 2.24) is 4.72 Å². The van der Waals surface area contributed by atoms with Crippen LogP contribution in [-0.4, -0.2) is 37.8 Å². The van der Waals surface area contributed by atoms with Crippen LogP contribution in [0.1, 0.15) is 19.3 Å². The fraction of sp³-hybridized carbons (Fsp3) is 0.217. The quantitative estimate of drug-likeness (QED) is 0.395. The van der Waals surface area contributed by atoms with Gasteiger partial charge in [-0.05, 0) is 48.6 Å². The first-order valence-electron chi connectivity index (χ1n) is 9.54. The molecule has 2 rings (SSSR count). The van der Waals surface area contributed by atoms with Crippen LogP contribution in [0.25, 0.3) is 11.1 Å². The summed E-state index contributed by atoms with van der Waals surface area (Å²) in [7, 11) is -3.99. The molecular formula is C23H26N2O4S. The smallest absolute Gasteiger partial charge is 0.321 e. The number of hydrogen-bond donors (Lipinski definition) is 2. The Bertz CT molecular complexity index is 997. The van der Waals surface area contributed by atoms with Gasteiger partial charge in [-0.15, -0.1) is 6.58 Å². The highest BCUT2D eigenvalue weighted by molar-refractivity contribution is 7.89. The zero-order chi connectivity index (χ0) is 22.0. The van der Waals surface area contributed by atoms with Crippen molar-refractivity contribution in [3.8, 4) is 11.1 Å². The highest BCUT2D eigenvalue weighted by Crippen LogP contribution is 2.21. The molecule has 0 radical (unpaired) electrons. The van der Waals surface area contributed by atoms with E-state index in [0.29, 0.717) is 6.42 Å². The van der Waals surface area contributed by atoms with Crippen LogP contribution in [0, 0.1) is 0 Å². The maximum Gasteiger partial charge on any atom is 0.321 e. The zero-order valence-corrected chi connectivity index (χ0v) is 17.5. The Hall–Kier alpha value is -3.03. The molecule has 1 atom stereocenters. The number of nitrogens with zero attached hydrogens (tertiary/aromatic N) is 1. The second kappa shape index (κ2) is 11.2. The van der Waals surface area contributed by atoms with E-state index in [0.717, 1.165) is 23.3 Å². The van der Waals surface area contributed by atoms with Crippen molar-refractivity contribution >= 4 is 21.7 Å². The molecular weight excluding hydrogens is 400 g/mol. The molecule has 0 saturated heterocycles. The Morgan fingerprint density at radius 2 is 1.70 bits per heavy atom. The van der Waals surface area contributed by atoms with Crippen LogP contribution in [0.3, 0.4) is 0 Å². The number of nitrogens with one attached hydrogen (secondary N) is 1. The predicted molar refractivity (Wildman–Crippen MR) is 120 cm³/mol. The number of carbonyl (C=O) groups is 1. The maximum atomic E-state index is 12.7. The van der Waals surface area contributed by atoms with Crippen LogP contribution in [0.4, 0.5) is 0 Å². The third-order valence-corrected chi connectivity index (χ3v) is 5.93. The first kappa shape index (κ1) is 23.3. The highest BCUT2D eigenvalue weighted by atomic mass is 32.2. The van der Waals surface area contributed by atoms with Crippen molar-refractivity contribution in [3.05, 3.63) is 79.9 Å². The van der Waals surface area contributed by atoms with Crippen molar-refractivity contribution in [2.75, 3.05) is 6.54 Å². The van der Waals surface area contributed by atoms with E-state index in [1.807, 2.05) is 30.3 Å². The fourth-order valence-corrected chi connectivity index (χ4v) is 4.00. The first-order valence-corrected chi connectivity index (χ1v) is 11.0. The van der Waals surface area contributed by atoms with E-state index in [9.17, 15) is 18.3 Å². The lowest BCUT2D eigenvalue weighted by atomic mass is 10.1. The second-order valence-electron chi connectivity index (χ2n) is 6.60. The minimum Gasteiger partial charge on any atom is -0.480 e. The van der Waals surface area contributed by atoms with E-state index in [1.54, 1.807) is 24.3 Å². The van der Waals surface area contributed by atoms with E-state index in [2.05, 4.69) is 22.9 Å². The molecule has 7 heteroatoms. The van der Waals surface area contributed by atoms with Crippen molar-refractivity contribution in [2.45, 2.75) is 30.2 Å². The molecule has 0 heterocycles. The van der Waals surface area contributed by atoms with Gasteiger partial charge < -0.3 is 5.11 Å². The summed E-state index contributed by atoms with van der Waals surface area (Å²) in [6.45, 7) is 7.50. The number of carboxylic acids is 1. The summed E-state index contributed by atoms with van der Waals surface area (Å²) < 4.78 is 27.6. The number of carboxylic acid groups (broad SMARTS) is 1. The molecule has 0 saturated carbocycles.